The van der Waals surface area contributed by atoms with Gasteiger partial charge in [-0.15, -0.1) is 0 Å². The molecular formula is C19H18BrF2NO3. The lowest BCUT2D eigenvalue weighted by Gasteiger charge is -2.30. The molecule has 0 bridgehead atoms. The van der Waals surface area contributed by atoms with Gasteiger partial charge in [0.1, 0.15) is 0 Å². The second-order valence-electron chi connectivity index (χ2n) is 5.88. The molecule has 138 valence electrons. The number of amides is 1. The standard InChI is InChI=1S/C19H18BrF2NO3/c1-3-26-18-13(20)7-12(9-17(18)25-2)19(24)23-6-4-5-11-8-14(21)15(22)10-16(11)23/h7-10H,3-6H2,1-2H3. The van der Waals surface area contributed by atoms with Gasteiger partial charge in [0.25, 0.3) is 5.91 Å². The van der Waals surface area contributed by atoms with Crippen LogP contribution in [0.25, 0.3) is 0 Å². The van der Waals surface area contributed by atoms with E-state index in [1.165, 1.54) is 18.1 Å². The average Bonchev–Trinajstić information content (AvgIpc) is 2.63. The number of hydrogen-bond donors (Lipinski definition) is 0. The Balaban J connectivity index is 2.01. The third-order valence-electron chi connectivity index (χ3n) is 4.25. The van der Waals surface area contributed by atoms with E-state index in [9.17, 15) is 13.6 Å². The minimum absolute atomic E-state index is 0.306. The summed E-state index contributed by atoms with van der Waals surface area (Å²) in [6.07, 6.45) is 1.28. The zero-order valence-corrected chi connectivity index (χ0v) is 16.0. The number of benzene rings is 2. The molecule has 1 aliphatic heterocycles. The molecule has 2 aromatic carbocycles. The van der Waals surface area contributed by atoms with E-state index in [4.69, 9.17) is 9.47 Å². The normalized spacial score (nSPS) is 13.3. The summed E-state index contributed by atoms with van der Waals surface area (Å²) < 4.78 is 38.7. The molecule has 0 spiro atoms. The number of hydrogen-bond acceptors (Lipinski definition) is 3. The summed E-state index contributed by atoms with van der Waals surface area (Å²) in [6, 6.07) is 5.48. The van der Waals surface area contributed by atoms with E-state index in [0.717, 1.165) is 6.07 Å². The van der Waals surface area contributed by atoms with Gasteiger partial charge in [-0.1, -0.05) is 0 Å². The first-order valence-corrected chi connectivity index (χ1v) is 9.05. The molecule has 7 heteroatoms. The van der Waals surface area contributed by atoms with Crippen molar-refractivity contribution in [2.45, 2.75) is 19.8 Å². The maximum atomic E-state index is 13.7. The van der Waals surface area contributed by atoms with Crippen molar-refractivity contribution in [3.8, 4) is 11.5 Å². The summed E-state index contributed by atoms with van der Waals surface area (Å²) in [7, 11) is 1.49. The molecule has 1 amide bonds. The highest BCUT2D eigenvalue weighted by Gasteiger charge is 2.27. The summed E-state index contributed by atoms with van der Waals surface area (Å²) in [6.45, 7) is 2.74. The van der Waals surface area contributed by atoms with E-state index in [1.54, 1.807) is 12.1 Å². The largest absolute Gasteiger partial charge is 0.493 e. The Kier molecular flexibility index (Phi) is 5.46. The molecule has 3 rings (SSSR count). The van der Waals surface area contributed by atoms with Gasteiger partial charge in [-0.2, -0.15) is 0 Å². The highest BCUT2D eigenvalue weighted by molar-refractivity contribution is 9.10. The molecule has 0 N–H and O–H groups in total. The maximum Gasteiger partial charge on any atom is 0.258 e. The highest BCUT2D eigenvalue weighted by atomic mass is 79.9. The van der Waals surface area contributed by atoms with Gasteiger partial charge in [0.05, 0.1) is 23.9 Å². The SMILES string of the molecule is CCOc1c(Br)cc(C(=O)N2CCCc3cc(F)c(F)cc32)cc1OC. The topological polar surface area (TPSA) is 38.8 Å². The lowest BCUT2D eigenvalue weighted by atomic mass is 10.00. The highest BCUT2D eigenvalue weighted by Crippen LogP contribution is 2.38. The monoisotopic (exact) mass is 425 g/mol. The van der Waals surface area contributed by atoms with Crippen molar-refractivity contribution < 1.29 is 23.0 Å². The summed E-state index contributed by atoms with van der Waals surface area (Å²) in [4.78, 5) is 14.5. The van der Waals surface area contributed by atoms with Gasteiger partial charge in [-0.3, -0.25) is 4.79 Å². The minimum atomic E-state index is -0.964. The second-order valence-corrected chi connectivity index (χ2v) is 6.73. The first-order valence-electron chi connectivity index (χ1n) is 8.26. The molecule has 1 aliphatic rings. The van der Waals surface area contributed by atoms with Crippen LogP contribution in [0.5, 0.6) is 11.5 Å². The third kappa shape index (κ3) is 3.40. The van der Waals surface area contributed by atoms with Gasteiger partial charge in [-0.05, 0) is 59.5 Å². The molecule has 4 nitrogen and oxygen atoms in total. The van der Waals surface area contributed by atoms with Crippen LogP contribution in [0.15, 0.2) is 28.7 Å². The van der Waals surface area contributed by atoms with Crippen LogP contribution in [0.1, 0.15) is 29.3 Å². The number of ether oxygens (including phenoxy) is 2. The van der Waals surface area contributed by atoms with Gasteiger partial charge in [0.15, 0.2) is 23.1 Å². The minimum Gasteiger partial charge on any atom is -0.493 e. The van der Waals surface area contributed by atoms with Crippen molar-refractivity contribution >= 4 is 27.5 Å². The Labute approximate surface area is 158 Å². The number of fused-ring (bicyclic) bond motifs is 1. The molecule has 0 atom stereocenters. The van der Waals surface area contributed by atoms with Gasteiger partial charge in [0.2, 0.25) is 0 Å². The number of carbonyl (C=O) groups is 1. The fraction of sp³-hybridized carbons (Fsp3) is 0.316. The molecule has 0 fully saturated rings. The number of nitrogens with zero attached hydrogens (tertiary/aromatic N) is 1. The first-order chi connectivity index (χ1) is 12.5. The molecule has 0 saturated heterocycles. The molecule has 0 saturated carbocycles. The van der Waals surface area contributed by atoms with Crippen molar-refractivity contribution in [1.82, 2.24) is 0 Å². The fourth-order valence-corrected chi connectivity index (χ4v) is 3.63. The van der Waals surface area contributed by atoms with Crippen LogP contribution in [-0.4, -0.2) is 26.2 Å². The lowest BCUT2D eigenvalue weighted by molar-refractivity contribution is 0.0984. The Bertz CT molecular complexity index is 857. The number of anilines is 1. The fourth-order valence-electron chi connectivity index (χ4n) is 3.07. The predicted octanol–water partition coefficient (Wildman–Crippen LogP) is 4.73. The molecule has 1 heterocycles. The van der Waals surface area contributed by atoms with Crippen LogP contribution < -0.4 is 14.4 Å². The Morgan fingerprint density at radius 1 is 1.23 bits per heavy atom. The molecule has 0 unspecified atom stereocenters. The van der Waals surface area contributed by atoms with E-state index in [-0.39, 0.29) is 5.91 Å². The van der Waals surface area contributed by atoms with E-state index in [1.807, 2.05) is 6.92 Å². The van der Waals surface area contributed by atoms with E-state index in [0.29, 0.717) is 58.8 Å². The average molecular weight is 426 g/mol. The molecule has 2 aromatic rings. The smallest absolute Gasteiger partial charge is 0.258 e. The number of aryl methyl sites for hydroxylation is 1. The van der Waals surface area contributed by atoms with Gasteiger partial charge in [-0.25, -0.2) is 8.78 Å². The summed E-state index contributed by atoms with van der Waals surface area (Å²) in [5.41, 5.74) is 1.40. The van der Waals surface area contributed by atoms with Gasteiger partial charge in [0, 0.05) is 18.2 Å². The third-order valence-corrected chi connectivity index (χ3v) is 4.84. The van der Waals surface area contributed by atoms with Crippen LogP contribution in [0.3, 0.4) is 0 Å². The predicted molar refractivity (Wildman–Crippen MR) is 98.2 cm³/mol. The number of halogens is 3. The lowest BCUT2D eigenvalue weighted by Crippen LogP contribution is -2.35. The number of carbonyl (C=O) groups excluding carboxylic acids is 1. The van der Waals surface area contributed by atoms with Crippen molar-refractivity contribution in [2.24, 2.45) is 0 Å². The Morgan fingerprint density at radius 2 is 1.96 bits per heavy atom. The summed E-state index contributed by atoms with van der Waals surface area (Å²) in [5.74, 6) is -1.23. The zero-order chi connectivity index (χ0) is 18.8. The van der Waals surface area contributed by atoms with Crippen LogP contribution >= 0.6 is 15.9 Å². The Hall–Kier alpha value is -2.15. The molecular weight excluding hydrogens is 408 g/mol. The maximum absolute atomic E-state index is 13.7. The van der Waals surface area contributed by atoms with Gasteiger partial charge < -0.3 is 14.4 Å². The molecule has 0 aromatic heterocycles. The van der Waals surface area contributed by atoms with Crippen molar-refractivity contribution in [2.75, 3.05) is 25.2 Å². The molecule has 26 heavy (non-hydrogen) atoms. The van der Waals surface area contributed by atoms with Crippen LogP contribution in [-0.2, 0) is 6.42 Å². The van der Waals surface area contributed by atoms with Crippen LogP contribution in [0.2, 0.25) is 0 Å². The van der Waals surface area contributed by atoms with E-state index >= 15 is 0 Å². The van der Waals surface area contributed by atoms with Crippen molar-refractivity contribution in [3.05, 3.63) is 51.5 Å². The molecule has 0 aliphatic carbocycles. The quantitative estimate of drug-likeness (QED) is 0.710. The van der Waals surface area contributed by atoms with E-state index in [2.05, 4.69) is 15.9 Å². The van der Waals surface area contributed by atoms with Crippen LogP contribution in [0, 0.1) is 11.6 Å². The zero-order valence-electron chi connectivity index (χ0n) is 14.4. The number of rotatable bonds is 4. The van der Waals surface area contributed by atoms with Crippen molar-refractivity contribution in [1.29, 1.82) is 0 Å². The summed E-state index contributed by atoms with van der Waals surface area (Å²) in [5, 5.41) is 0. The summed E-state index contributed by atoms with van der Waals surface area (Å²) >= 11 is 3.40. The second kappa shape index (κ2) is 7.61. The van der Waals surface area contributed by atoms with Gasteiger partial charge >= 0.3 is 0 Å². The first kappa shape index (κ1) is 18.6. The molecule has 0 radical (unpaired) electrons. The Morgan fingerprint density at radius 3 is 2.65 bits per heavy atom. The van der Waals surface area contributed by atoms with Crippen molar-refractivity contribution in [3.63, 3.8) is 0 Å². The van der Waals surface area contributed by atoms with Crippen LogP contribution in [0.4, 0.5) is 14.5 Å². The van der Waals surface area contributed by atoms with E-state index < -0.39 is 11.6 Å². The number of methoxy groups -OCH3 is 1.